The van der Waals surface area contributed by atoms with Gasteiger partial charge in [-0.25, -0.2) is 4.79 Å². The number of aromatic nitrogens is 3. The van der Waals surface area contributed by atoms with Crippen LogP contribution in [0.1, 0.15) is 43.5 Å². The zero-order valence-electron chi connectivity index (χ0n) is 26.0. The second-order valence-corrected chi connectivity index (χ2v) is 12.9. The number of ether oxygens (including phenoxy) is 1. The molecule has 0 bridgehead atoms. The molecule has 7 rings (SSSR count). The number of aryl methyl sites for hydroxylation is 1. The number of piperazine rings is 1. The van der Waals surface area contributed by atoms with E-state index in [9.17, 15) is 9.59 Å². The van der Waals surface area contributed by atoms with Gasteiger partial charge in [-0.2, -0.15) is 4.98 Å². The van der Waals surface area contributed by atoms with Crippen molar-refractivity contribution in [3.8, 4) is 22.6 Å². The Morgan fingerprint density at radius 2 is 1.91 bits per heavy atom. The van der Waals surface area contributed by atoms with Crippen LogP contribution in [0.15, 0.2) is 72.2 Å². The van der Waals surface area contributed by atoms with Gasteiger partial charge < -0.3 is 14.5 Å². The molecule has 4 heterocycles. The highest BCUT2D eigenvalue weighted by molar-refractivity contribution is 7.28. The summed E-state index contributed by atoms with van der Waals surface area (Å²) in [6.07, 6.45) is 3.15. The second-order valence-electron chi connectivity index (χ2n) is 12.3. The molecule has 3 aromatic carbocycles. The summed E-state index contributed by atoms with van der Waals surface area (Å²) in [5, 5.41) is 4.06. The zero-order chi connectivity index (χ0) is 31.6. The van der Waals surface area contributed by atoms with Crippen LogP contribution >= 0.6 is 9.24 Å². The van der Waals surface area contributed by atoms with E-state index in [1.807, 2.05) is 13.0 Å². The molecule has 2 atom stereocenters. The molecular weight excluding hydrogens is 581 g/mol. The standard InChI is InChI=1S/C36H36N5O3P/c1-6-28(42)39-15-16-40(22(5)18-39)35-26-17-27(45)30-29-24(12-11-23-9-7-8-10-25(23)29)19-44-34(30)33(26)41(36(43)38-35)32-21(4)13-14-37-31(32)20(2)3/h6-14,17,20,22H,1,15-16,18-19,45H2,2-5H3/t22-/m0/s1. The Bertz CT molecular complexity index is 2100. The van der Waals surface area contributed by atoms with Gasteiger partial charge in [-0.3, -0.25) is 14.3 Å². The minimum atomic E-state index is -0.390. The Morgan fingerprint density at radius 1 is 1.11 bits per heavy atom. The van der Waals surface area contributed by atoms with Crippen molar-refractivity contribution in [2.24, 2.45) is 0 Å². The molecular formula is C36H36N5O3P. The van der Waals surface area contributed by atoms with Crippen LogP contribution in [-0.2, 0) is 11.4 Å². The molecule has 1 saturated heterocycles. The summed E-state index contributed by atoms with van der Waals surface area (Å²) in [7, 11) is 2.92. The number of hydrogen-bond donors (Lipinski definition) is 0. The minimum Gasteiger partial charge on any atom is -0.486 e. The fraction of sp³-hybridized carbons (Fsp3) is 0.278. The molecule has 9 heteroatoms. The van der Waals surface area contributed by atoms with E-state index in [-0.39, 0.29) is 17.9 Å². The van der Waals surface area contributed by atoms with E-state index < -0.39 is 5.69 Å². The van der Waals surface area contributed by atoms with E-state index in [1.54, 1.807) is 15.7 Å². The van der Waals surface area contributed by atoms with E-state index in [0.717, 1.165) is 55.1 Å². The summed E-state index contributed by atoms with van der Waals surface area (Å²) in [4.78, 5) is 40.3. The van der Waals surface area contributed by atoms with E-state index in [2.05, 4.69) is 84.0 Å². The van der Waals surface area contributed by atoms with E-state index in [0.29, 0.717) is 43.3 Å². The third-order valence-corrected chi connectivity index (χ3v) is 9.55. The summed E-state index contributed by atoms with van der Waals surface area (Å²) >= 11 is 0. The number of carbonyl (C=O) groups is 1. The molecule has 2 aliphatic heterocycles. The number of nitrogens with zero attached hydrogens (tertiary/aromatic N) is 5. The molecule has 1 unspecified atom stereocenters. The Balaban J connectivity index is 1.58. The van der Waals surface area contributed by atoms with Crippen molar-refractivity contribution in [3.63, 3.8) is 0 Å². The number of fused-ring (bicyclic) bond motifs is 7. The maximum atomic E-state index is 14.4. The number of carbonyl (C=O) groups excluding carboxylic acids is 1. The van der Waals surface area contributed by atoms with E-state index in [1.165, 1.54) is 6.08 Å². The van der Waals surface area contributed by atoms with Crippen LogP contribution in [0.5, 0.6) is 5.75 Å². The Labute approximate surface area is 264 Å². The van der Waals surface area contributed by atoms with Crippen molar-refractivity contribution in [2.75, 3.05) is 24.5 Å². The third-order valence-electron chi connectivity index (χ3n) is 9.09. The average Bonchev–Trinajstić information content (AvgIpc) is 3.04. The summed E-state index contributed by atoms with van der Waals surface area (Å²) in [6.45, 7) is 13.8. The summed E-state index contributed by atoms with van der Waals surface area (Å²) in [5.74, 6) is 1.23. The van der Waals surface area contributed by atoms with Crippen LogP contribution in [0.2, 0.25) is 0 Å². The van der Waals surface area contributed by atoms with Crippen molar-refractivity contribution in [1.29, 1.82) is 0 Å². The maximum Gasteiger partial charge on any atom is 0.354 e. The van der Waals surface area contributed by atoms with Crippen molar-refractivity contribution < 1.29 is 9.53 Å². The monoisotopic (exact) mass is 617 g/mol. The number of anilines is 1. The first-order valence-corrected chi connectivity index (χ1v) is 15.9. The molecule has 8 nitrogen and oxygen atoms in total. The van der Waals surface area contributed by atoms with Crippen LogP contribution in [0.4, 0.5) is 5.82 Å². The lowest BCUT2D eigenvalue weighted by molar-refractivity contribution is -0.126. The highest BCUT2D eigenvalue weighted by Crippen LogP contribution is 2.47. The first-order valence-electron chi connectivity index (χ1n) is 15.4. The molecule has 2 aliphatic rings. The molecule has 2 aromatic heterocycles. The third kappa shape index (κ3) is 4.62. The predicted octanol–water partition coefficient (Wildman–Crippen LogP) is 5.65. The van der Waals surface area contributed by atoms with Crippen molar-refractivity contribution >= 4 is 47.9 Å². The number of rotatable bonds is 4. The molecule has 1 fully saturated rings. The fourth-order valence-corrected chi connectivity index (χ4v) is 7.39. The van der Waals surface area contributed by atoms with Crippen molar-refractivity contribution in [3.05, 3.63) is 94.7 Å². The van der Waals surface area contributed by atoms with Crippen molar-refractivity contribution in [2.45, 2.75) is 46.3 Å². The highest BCUT2D eigenvalue weighted by atomic mass is 31.0. The van der Waals surface area contributed by atoms with Gasteiger partial charge in [-0.15, -0.1) is 9.24 Å². The Morgan fingerprint density at radius 3 is 2.67 bits per heavy atom. The molecule has 1 amide bonds. The summed E-state index contributed by atoms with van der Waals surface area (Å²) in [5.41, 5.74) is 5.96. The molecule has 228 valence electrons. The number of hydrogen-bond acceptors (Lipinski definition) is 6. The van der Waals surface area contributed by atoms with Gasteiger partial charge in [0.2, 0.25) is 5.91 Å². The second kappa shape index (κ2) is 11.1. The first-order chi connectivity index (χ1) is 21.7. The number of pyridine rings is 1. The Hall–Kier alpha value is -4.55. The average molecular weight is 618 g/mol. The van der Waals surface area contributed by atoms with Gasteiger partial charge in [0.05, 0.1) is 11.4 Å². The van der Waals surface area contributed by atoms with Crippen molar-refractivity contribution in [1.82, 2.24) is 19.4 Å². The summed E-state index contributed by atoms with van der Waals surface area (Å²) in [6, 6.07) is 16.6. The first kappa shape index (κ1) is 29.2. The lowest BCUT2D eigenvalue weighted by atomic mass is 9.90. The van der Waals surface area contributed by atoms with Crippen LogP contribution in [0, 0.1) is 6.92 Å². The SMILES string of the molecule is C=CC(=O)N1CCN(c2nc(=O)n(-c3c(C)ccnc3C(C)C)c3c4c(c(P)cc23)-c2c(ccc3ccccc23)CO4)[C@@H](C)C1. The smallest absolute Gasteiger partial charge is 0.354 e. The molecule has 45 heavy (non-hydrogen) atoms. The van der Waals surface area contributed by atoms with Crippen LogP contribution < -0.4 is 20.6 Å². The molecule has 0 radical (unpaired) electrons. The van der Waals surface area contributed by atoms with Gasteiger partial charge in [0.25, 0.3) is 0 Å². The van der Waals surface area contributed by atoms with Gasteiger partial charge in [0, 0.05) is 48.4 Å². The molecule has 0 saturated carbocycles. The normalized spacial score (nSPS) is 16.1. The van der Waals surface area contributed by atoms with Crippen LogP contribution in [0.3, 0.4) is 0 Å². The largest absolute Gasteiger partial charge is 0.486 e. The topological polar surface area (TPSA) is 80.6 Å². The highest BCUT2D eigenvalue weighted by Gasteiger charge is 2.33. The van der Waals surface area contributed by atoms with Gasteiger partial charge >= 0.3 is 5.69 Å². The molecule has 5 aromatic rings. The lowest BCUT2D eigenvalue weighted by Crippen LogP contribution is -2.54. The molecule has 0 N–H and O–H groups in total. The predicted molar refractivity (Wildman–Crippen MR) is 184 cm³/mol. The Kier molecular flexibility index (Phi) is 7.20. The minimum absolute atomic E-state index is 0.0689. The fourth-order valence-electron chi connectivity index (χ4n) is 6.95. The lowest BCUT2D eigenvalue weighted by Gasteiger charge is -2.40. The van der Waals surface area contributed by atoms with E-state index >= 15 is 0 Å². The molecule has 0 spiro atoms. The quantitative estimate of drug-likeness (QED) is 0.192. The zero-order valence-corrected chi connectivity index (χ0v) is 27.2. The summed E-state index contributed by atoms with van der Waals surface area (Å²) < 4.78 is 8.40. The van der Waals surface area contributed by atoms with Crippen LogP contribution in [0.25, 0.3) is 38.5 Å². The maximum absolute atomic E-state index is 14.4. The van der Waals surface area contributed by atoms with Crippen LogP contribution in [-0.4, -0.2) is 51.0 Å². The number of benzene rings is 3. The van der Waals surface area contributed by atoms with E-state index in [4.69, 9.17) is 14.7 Å². The van der Waals surface area contributed by atoms with Gasteiger partial charge in [0.1, 0.15) is 17.9 Å². The van der Waals surface area contributed by atoms with Gasteiger partial charge in [-0.05, 0) is 65.2 Å². The van der Waals surface area contributed by atoms with Gasteiger partial charge in [-0.1, -0.05) is 56.8 Å². The van der Waals surface area contributed by atoms with Gasteiger partial charge in [0.15, 0.2) is 5.75 Å². The molecule has 0 aliphatic carbocycles. The number of amides is 1.